The van der Waals surface area contributed by atoms with Gasteiger partial charge in [0.25, 0.3) is 0 Å². The Labute approximate surface area is 94.7 Å². The van der Waals surface area contributed by atoms with Gasteiger partial charge in [-0.05, 0) is 25.1 Å². The molecule has 0 saturated carbocycles. The van der Waals surface area contributed by atoms with Crippen LogP contribution >= 0.6 is 12.2 Å². The molecule has 0 aliphatic heterocycles. The van der Waals surface area contributed by atoms with E-state index >= 15 is 0 Å². The second-order valence-corrected chi connectivity index (χ2v) is 4.20. The Balaban J connectivity index is 2.88. The van der Waals surface area contributed by atoms with Crippen molar-refractivity contribution in [1.82, 2.24) is 14.8 Å². The summed E-state index contributed by atoms with van der Waals surface area (Å²) in [6.07, 6.45) is 5.39. The number of aromatic nitrogens is 3. The van der Waals surface area contributed by atoms with Crippen LogP contribution in [0.1, 0.15) is 52.0 Å². The second-order valence-electron chi connectivity index (χ2n) is 3.82. The van der Waals surface area contributed by atoms with Crippen LogP contribution in [-0.2, 0) is 0 Å². The maximum Gasteiger partial charge on any atom is 0.342 e. The molecule has 1 aromatic rings. The van der Waals surface area contributed by atoms with Gasteiger partial charge in [0.15, 0.2) is 4.77 Å². The molecular formula is C10H19N3OS. The van der Waals surface area contributed by atoms with E-state index in [1.54, 1.807) is 4.57 Å². The molecule has 1 heterocycles. The molecule has 1 aromatic heterocycles. The average Bonchev–Trinajstić information content (AvgIpc) is 2.54. The fourth-order valence-electron chi connectivity index (χ4n) is 1.83. The molecule has 0 fully saturated rings. The van der Waals surface area contributed by atoms with Gasteiger partial charge in [-0.15, -0.1) is 0 Å². The van der Waals surface area contributed by atoms with Crippen LogP contribution in [0.3, 0.4) is 0 Å². The standard InChI is InChI=1S/C10H19N3OS/c1-3-5-7-8(6-4-2)13-9(14)11-12-10(13)15/h8H,3-7H2,1-2H3,(H,11,14)(H,12,15). The minimum Gasteiger partial charge on any atom is -0.272 e. The zero-order valence-corrected chi connectivity index (χ0v) is 10.2. The van der Waals surface area contributed by atoms with Crippen molar-refractivity contribution in [1.29, 1.82) is 0 Å². The summed E-state index contributed by atoms with van der Waals surface area (Å²) < 4.78 is 2.18. The Hall–Kier alpha value is -0.840. The highest BCUT2D eigenvalue weighted by atomic mass is 32.1. The minimum atomic E-state index is -0.116. The zero-order valence-electron chi connectivity index (χ0n) is 9.38. The van der Waals surface area contributed by atoms with E-state index in [2.05, 4.69) is 24.0 Å². The SMILES string of the molecule is CCCCC(CCC)n1c(=O)[nH][nH]c1=S. The van der Waals surface area contributed by atoms with Crippen LogP contribution in [0.25, 0.3) is 0 Å². The molecule has 0 bridgehead atoms. The number of H-pyrrole nitrogens is 2. The summed E-state index contributed by atoms with van der Waals surface area (Å²) in [5.41, 5.74) is -0.116. The van der Waals surface area contributed by atoms with Crippen molar-refractivity contribution in [2.75, 3.05) is 0 Å². The van der Waals surface area contributed by atoms with Gasteiger partial charge in [-0.2, -0.15) is 0 Å². The molecule has 0 aliphatic rings. The molecule has 5 heteroatoms. The van der Waals surface area contributed by atoms with Gasteiger partial charge < -0.3 is 0 Å². The van der Waals surface area contributed by atoms with Gasteiger partial charge in [0, 0.05) is 6.04 Å². The predicted octanol–water partition coefficient (Wildman–Crippen LogP) is 2.77. The number of hydrogen-bond donors (Lipinski definition) is 2. The van der Waals surface area contributed by atoms with Gasteiger partial charge in [-0.25, -0.2) is 9.89 Å². The van der Waals surface area contributed by atoms with E-state index in [1.165, 1.54) is 0 Å². The largest absolute Gasteiger partial charge is 0.342 e. The first-order valence-corrected chi connectivity index (χ1v) is 6.00. The number of nitrogens with one attached hydrogen (secondary N) is 2. The van der Waals surface area contributed by atoms with E-state index < -0.39 is 0 Å². The Kier molecular flexibility index (Phi) is 4.81. The number of hydrogen-bond acceptors (Lipinski definition) is 2. The fourth-order valence-corrected chi connectivity index (χ4v) is 2.11. The lowest BCUT2D eigenvalue weighted by Crippen LogP contribution is -2.22. The number of nitrogens with zero attached hydrogens (tertiary/aromatic N) is 1. The van der Waals surface area contributed by atoms with Crippen LogP contribution in [-0.4, -0.2) is 14.8 Å². The minimum absolute atomic E-state index is 0.116. The van der Waals surface area contributed by atoms with Gasteiger partial charge >= 0.3 is 5.69 Å². The van der Waals surface area contributed by atoms with Crippen molar-refractivity contribution >= 4 is 12.2 Å². The molecule has 15 heavy (non-hydrogen) atoms. The summed E-state index contributed by atoms with van der Waals surface area (Å²) in [5, 5.41) is 5.22. The number of rotatable bonds is 6. The highest BCUT2D eigenvalue weighted by Gasteiger charge is 2.13. The summed E-state index contributed by atoms with van der Waals surface area (Å²) in [6, 6.07) is 0.248. The molecule has 86 valence electrons. The predicted molar refractivity (Wildman–Crippen MR) is 63.7 cm³/mol. The summed E-state index contributed by atoms with van der Waals surface area (Å²) in [7, 11) is 0. The highest BCUT2D eigenvalue weighted by molar-refractivity contribution is 7.71. The maximum atomic E-state index is 11.5. The van der Waals surface area contributed by atoms with Crippen molar-refractivity contribution in [2.45, 2.75) is 52.0 Å². The van der Waals surface area contributed by atoms with Gasteiger partial charge in [0.2, 0.25) is 0 Å². The molecule has 0 amide bonds. The Morgan fingerprint density at radius 2 is 2.00 bits per heavy atom. The molecule has 0 spiro atoms. The topological polar surface area (TPSA) is 53.6 Å². The van der Waals surface area contributed by atoms with Crippen molar-refractivity contribution in [2.24, 2.45) is 0 Å². The smallest absolute Gasteiger partial charge is 0.272 e. The van der Waals surface area contributed by atoms with Crippen molar-refractivity contribution in [3.63, 3.8) is 0 Å². The average molecular weight is 229 g/mol. The fraction of sp³-hybridized carbons (Fsp3) is 0.800. The second kappa shape index (κ2) is 5.90. The molecule has 4 nitrogen and oxygen atoms in total. The molecule has 1 unspecified atom stereocenters. The zero-order chi connectivity index (χ0) is 11.3. The van der Waals surface area contributed by atoms with Crippen LogP contribution in [0.15, 0.2) is 4.79 Å². The monoisotopic (exact) mass is 229 g/mol. The van der Waals surface area contributed by atoms with Crippen LogP contribution in [0.5, 0.6) is 0 Å². The van der Waals surface area contributed by atoms with Gasteiger partial charge in [-0.1, -0.05) is 33.1 Å². The van der Waals surface area contributed by atoms with Crippen molar-refractivity contribution in [3.8, 4) is 0 Å². The molecule has 0 radical (unpaired) electrons. The van der Waals surface area contributed by atoms with E-state index in [0.29, 0.717) is 4.77 Å². The summed E-state index contributed by atoms with van der Waals surface area (Å²) in [4.78, 5) is 11.5. The third-order valence-electron chi connectivity index (χ3n) is 2.59. The van der Waals surface area contributed by atoms with Gasteiger partial charge in [0.1, 0.15) is 0 Å². The van der Waals surface area contributed by atoms with E-state index in [1.807, 2.05) is 0 Å². The molecule has 2 N–H and O–H groups in total. The van der Waals surface area contributed by atoms with Crippen LogP contribution < -0.4 is 5.69 Å². The van der Waals surface area contributed by atoms with Gasteiger partial charge in [-0.3, -0.25) is 9.67 Å². The van der Waals surface area contributed by atoms with Crippen LogP contribution in [0, 0.1) is 4.77 Å². The van der Waals surface area contributed by atoms with Crippen LogP contribution in [0.4, 0.5) is 0 Å². The van der Waals surface area contributed by atoms with E-state index in [4.69, 9.17) is 12.2 Å². The molecular weight excluding hydrogens is 210 g/mol. The normalized spacial score (nSPS) is 12.9. The summed E-state index contributed by atoms with van der Waals surface area (Å²) >= 11 is 5.09. The lowest BCUT2D eigenvalue weighted by atomic mass is 10.1. The van der Waals surface area contributed by atoms with Crippen molar-refractivity contribution < 1.29 is 0 Å². The Morgan fingerprint density at radius 3 is 2.47 bits per heavy atom. The third kappa shape index (κ3) is 3.06. The van der Waals surface area contributed by atoms with Crippen LogP contribution in [0.2, 0.25) is 0 Å². The summed E-state index contributed by atoms with van der Waals surface area (Å²) in [6.45, 7) is 4.28. The first-order chi connectivity index (χ1) is 7.20. The molecule has 1 atom stereocenters. The molecule has 0 aliphatic carbocycles. The van der Waals surface area contributed by atoms with Crippen molar-refractivity contribution in [3.05, 3.63) is 15.3 Å². The summed E-state index contributed by atoms with van der Waals surface area (Å²) in [5.74, 6) is 0. The molecule has 1 rings (SSSR count). The lowest BCUT2D eigenvalue weighted by molar-refractivity contribution is 0.404. The number of unbranched alkanes of at least 4 members (excludes halogenated alkanes) is 1. The Morgan fingerprint density at radius 1 is 1.27 bits per heavy atom. The first-order valence-electron chi connectivity index (χ1n) is 5.59. The third-order valence-corrected chi connectivity index (χ3v) is 2.89. The maximum absolute atomic E-state index is 11.5. The Bertz CT molecular complexity index is 362. The van der Waals surface area contributed by atoms with E-state index in [0.717, 1.165) is 32.1 Å². The van der Waals surface area contributed by atoms with E-state index in [-0.39, 0.29) is 11.7 Å². The number of aromatic amines is 2. The lowest BCUT2D eigenvalue weighted by Gasteiger charge is -2.15. The first kappa shape index (κ1) is 12.2. The highest BCUT2D eigenvalue weighted by Crippen LogP contribution is 2.19. The van der Waals surface area contributed by atoms with Gasteiger partial charge in [0.05, 0.1) is 0 Å². The van der Waals surface area contributed by atoms with E-state index in [9.17, 15) is 4.79 Å². The molecule has 0 saturated heterocycles. The molecule has 0 aromatic carbocycles. The quantitative estimate of drug-likeness (QED) is 0.737.